The molecule has 6 aromatic carbocycles. The first-order valence-corrected chi connectivity index (χ1v) is 26.0. The third-order valence-electron chi connectivity index (χ3n) is 8.60. The molecule has 0 N–H and O–H groups in total. The molecule has 0 unspecified atom stereocenters. The second kappa shape index (κ2) is 24.3. The molecule has 0 fully saturated rings. The van der Waals surface area contributed by atoms with Gasteiger partial charge in [-0.05, 0) is 139 Å². The summed E-state index contributed by atoms with van der Waals surface area (Å²) < 4.78 is 206. The Morgan fingerprint density at radius 2 is 0.575 bits per heavy atom. The highest BCUT2D eigenvalue weighted by Gasteiger charge is 2.83. The predicted molar refractivity (Wildman–Crippen MR) is 250 cm³/mol. The highest BCUT2D eigenvalue weighted by molar-refractivity contribution is 7.97. The third kappa shape index (κ3) is 17.6. The van der Waals surface area contributed by atoms with Crippen LogP contribution in [0.4, 0.5) is 52.7 Å². The summed E-state index contributed by atoms with van der Waals surface area (Å²) in [7, 11) is -13.7. The molecular weight excluding hydrogens is 1070 g/mol. The Bertz CT molecular complexity index is 2630. The molecule has 0 heterocycles. The standard InChI is InChI=1S/2C22H23OS.C4HF9O3S.CHF3O3S/c2*1-22(2,3)23-18-14-16-21(17-15-18)24(19-10-6-4-7-11-19)20-12-8-5-9-13-20;5-1(6,3(9,10)11)2(7,8)4(12,13)17(14,15)16;2-1(3,4)8(5,6)7/h2*4-17H,1-3H3;(H,14,15,16);(H,5,6,7)/q2*+1;;/p-2. The zero-order valence-electron chi connectivity index (χ0n) is 39.1. The molecule has 0 atom stereocenters. The Kier molecular flexibility index (Phi) is 20.6. The van der Waals surface area contributed by atoms with Crippen molar-refractivity contribution in [2.45, 2.75) is 111 Å². The third-order valence-corrected chi connectivity index (χ3v) is 14.5. The van der Waals surface area contributed by atoms with Gasteiger partial charge in [0.25, 0.3) is 0 Å². The van der Waals surface area contributed by atoms with Crippen molar-refractivity contribution >= 4 is 42.0 Å². The van der Waals surface area contributed by atoms with Gasteiger partial charge in [0.1, 0.15) is 22.7 Å². The number of benzene rings is 6. The van der Waals surface area contributed by atoms with E-state index in [2.05, 4.69) is 211 Å². The van der Waals surface area contributed by atoms with Gasteiger partial charge in [0.2, 0.25) is 0 Å². The highest BCUT2D eigenvalue weighted by Crippen LogP contribution is 2.54. The highest BCUT2D eigenvalue weighted by atomic mass is 32.2. The van der Waals surface area contributed by atoms with Gasteiger partial charge in [0.15, 0.2) is 49.6 Å². The summed E-state index contributed by atoms with van der Waals surface area (Å²) in [5, 5.41) is -7.11. The van der Waals surface area contributed by atoms with E-state index in [-0.39, 0.29) is 33.0 Å². The van der Waals surface area contributed by atoms with Gasteiger partial charge in [0.05, 0.1) is 21.8 Å². The van der Waals surface area contributed by atoms with E-state index in [0.29, 0.717) is 0 Å². The molecule has 0 bridgehead atoms. The van der Waals surface area contributed by atoms with E-state index >= 15 is 0 Å². The molecule has 8 nitrogen and oxygen atoms in total. The minimum absolute atomic E-state index is 0.102. The Morgan fingerprint density at radius 1 is 0.356 bits per heavy atom. The van der Waals surface area contributed by atoms with Gasteiger partial charge in [0, 0.05) is 0 Å². The predicted octanol–water partition coefficient (Wildman–Crippen LogP) is 13.9. The maximum Gasteiger partial charge on any atom is 0.485 e. The fraction of sp³-hybridized carbons (Fsp3) is 0.265. The second-order valence-corrected chi connectivity index (χ2v) is 23.6. The van der Waals surface area contributed by atoms with Gasteiger partial charge in [-0.2, -0.15) is 52.7 Å². The maximum absolute atomic E-state index is 12.2. The van der Waals surface area contributed by atoms with Crippen molar-refractivity contribution in [1.82, 2.24) is 0 Å². The van der Waals surface area contributed by atoms with Crippen molar-refractivity contribution in [3.63, 3.8) is 0 Å². The van der Waals surface area contributed by atoms with E-state index in [1.54, 1.807) is 0 Å². The van der Waals surface area contributed by atoms with Crippen molar-refractivity contribution in [3.05, 3.63) is 170 Å². The van der Waals surface area contributed by atoms with Gasteiger partial charge < -0.3 is 18.6 Å². The molecule has 0 saturated heterocycles. The zero-order chi connectivity index (χ0) is 55.5. The lowest BCUT2D eigenvalue weighted by atomic mass is 10.1. The molecule has 0 saturated carbocycles. The summed E-state index contributed by atoms with van der Waals surface area (Å²) in [4.78, 5) is 7.91. The molecular formula is C49H46F12O8S4. The fourth-order valence-corrected chi connectivity index (χ4v) is 10.2. The minimum atomic E-state index is -7.43. The topological polar surface area (TPSA) is 133 Å². The number of alkyl halides is 12. The van der Waals surface area contributed by atoms with Crippen molar-refractivity contribution in [1.29, 1.82) is 0 Å². The SMILES string of the molecule is CC(C)(C)Oc1ccc([S+](c2ccccc2)c2ccccc2)cc1.CC(C)(C)Oc1ccc([S+](c2ccccc2)c2ccccc2)cc1.O=S(=O)([O-])C(F)(F)C(F)(F)C(F)(F)C(F)(F)F.O=S(=O)([O-])C(F)(F)F. The van der Waals surface area contributed by atoms with Crippen LogP contribution in [-0.2, 0) is 42.0 Å². The van der Waals surface area contributed by atoms with Crippen LogP contribution in [0.1, 0.15) is 41.5 Å². The summed E-state index contributed by atoms with van der Waals surface area (Å²) >= 11 is 0. The molecule has 0 aromatic heterocycles. The first-order valence-electron chi connectivity index (χ1n) is 20.8. The summed E-state index contributed by atoms with van der Waals surface area (Å²) in [5.41, 5.74) is -6.00. The number of hydrogen-bond donors (Lipinski definition) is 0. The number of ether oxygens (including phenoxy) is 2. The molecule has 0 spiro atoms. The Morgan fingerprint density at radius 3 is 0.753 bits per heavy atom. The molecule has 0 amide bonds. The van der Waals surface area contributed by atoms with Crippen LogP contribution in [0.5, 0.6) is 11.5 Å². The van der Waals surface area contributed by atoms with Crippen LogP contribution in [-0.4, -0.2) is 65.9 Å². The first kappa shape index (κ1) is 61.9. The van der Waals surface area contributed by atoms with Gasteiger partial charge in [-0.1, -0.05) is 72.8 Å². The summed E-state index contributed by atoms with van der Waals surface area (Å²) in [5.74, 6) is -13.0. The molecule has 0 aliphatic rings. The lowest BCUT2D eigenvalue weighted by molar-refractivity contribution is -0.382. The van der Waals surface area contributed by atoms with Crippen molar-refractivity contribution in [2.24, 2.45) is 0 Å². The summed E-state index contributed by atoms with van der Waals surface area (Å²) in [6.07, 6.45) is -7.16. The van der Waals surface area contributed by atoms with E-state index in [1.807, 2.05) is 0 Å². The maximum atomic E-state index is 12.2. The van der Waals surface area contributed by atoms with E-state index in [4.69, 9.17) is 22.4 Å². The van der Waals surface area contributed by atoms with Crippen molar-refractivity contribution < 1.29 is 88.1 Å². The van der Waals surface area contributed by atoms with Gasteiger partial charge in [-0.3, -0.25) is 0 Å². The van der Waals surface area contributed by atoms with Crippen LogP contribution < -0.4 is 9.47 Å². The molecule has 6 rings (SSSR count). The molecule has 24 heteroatoms. The smallest absolute Gasteiger partial charge is 0.485 e. The lowest BCUT2D eigenvalue weighted by Gasteiger charge is -2.34. The summed E-state index contributed by atoms with van der Waals surface area (Å²) in [6, 6.07) is 59.8. The fourth-order valence-electron chi connectivity index (χ4n) is 5.56. The number of hydrogen-bond acceptors (Lipinski definition) is 8. The number of halogens is 12. The van der Waals surface area contributed by atoms with Crippen LogP contribution in [0, 0.1) is 0 Å². The average molecular weight is 1120 g/mol. The van der Waals surface area contributed by atoms with Gasteiger partial charge >= 0.3 is 28.8 Å². The molecule has 398 valence electrons. The Balaban J connectivity index is 0.000000273. The first-order chi connectivity index (χ1) is 33.3. The Labute approximate surface area is 420 Å². The van der Waals surface area contributed by atoms with E-state index in [1.165, 1.54) is 29.4 Å². The van der Waals surface area contributed by atoms with E-state index in [0.717, 1.165) is 11.5 Å². The molecule has 6 aromatic rings. The van der Waals surface area contributed by atoms with Crippen LogP contribution in [0.25, 0.3) is 0 Å². The van der Waals surface area contributed by atoms with E-state index < -0.39 is 49.0 Å². The van der Waals surface area contributed by atoms with E-state index in [9.17, 15) is 65.7 Å². The monoisotopic (exact) mass is 1120 g/mol. The molecule has 73 heavy (non-hydrogen) atoms. The van der Waals surface area contributed by atoms with Crippen LogP contribution in [0.2, 0.25) is 0 Å². The molecule has 0 radical (unpaired) electrons. The quantitative estimate of drug-likeness (QED) is 0.0542. The van der Waals surface area contributed by atoms with Gasteiger partial charge in [-0.25, -0.2) is 16.8 Å². The zero-order valence-corrected chi connectivity index (χ0v) is 42.4. The van der Waals surface area contributed by atoms with Crippen LogP contribution in [0.3, 0.4) is 0 Å². The van der Waals surface area contributed by atoms with Gasteiger partial charge in [-0.15, -0.1) is 0 Å². The van der Waals surface area contributed by atoms with Crippen LogP contribution >= 0.6 is 0 Å². The normalized spacial score (nSPS) is 12.8. The van der Waals surface area contributed by atoms with Crippen molar-refractivity contribution in [3.8, 4) is 11.5 Å². The largest absolute Gasteiger partial charge is 0.743 e. The Hall–Kier alpha value is -5.40. The average Bonchev–Trinajstić information content (AvgIpc) is 3.27. The molecule has 0 aliphatic heterocycles. The lowest BCUT2D eigenvalue weighted by Crippen LogP contribution is -2.63. The van der Waals surface area contributed by atoms with Crippen LogP contribution in [0.15, 0.2) is 199 Å². The summed E-state index contributed by atoms with van der Waals surface area (Å²) in [6.45, 7) is 12.4. The number of rotatable bonds is 11. The van der Waals surface area contributed by atoms with Crippen molar-refractivity contribution in [2.75, 3.05) is 0 Å². The minimum Gasteiger partial charge on any atom is -0.743 e. The molecule has 0 aliphatic carbocycles. The second-order valence-electron chi connectivity index (χ2n) is 16.8.